The molecule has 2 nitrogen and oxygen atoms in total. The van der Waals surface area contributed by atoms with Crippen molar-refractivity contribution in [1.29, 1.82) is 0 Å². The van der Waals surface area contributed by atoms with E-state index >= 15 is 0 Å². The lowest BCUT2D eigenvalue weighted by molar-refractivity contribution is 1.25. The molecule has 0 aliphatic rings. The van der Waals surface area contributed by atoms with Crippen LogP contribution in [-0.4, -0.2) is 4.98 Å². The van der Waals surface area contributed by atoms with Crippen molar-refractivity contribution < 1.29 is 0 Å². The van der Waals surface area contributed by atoms with Crippen molar-refractivity contribution in [3.8, 4) is 0 Å². The lowest BCUT2D eigenvalue weighted by Crippen LogP contribution is -1.94. The number of benzene rings is 1. The molecule has 2 rings (SSSR count). The van der Waals surface area contributed by atoms with Crippen molar-refractivity contribution in [2.45, 2.75) is 20.8 Å². The van der Waals surface area contributed by atoms with Crippen LogP contribution >= 0.6 is 11.3 Å². The molecule has 0 unspecified atom stereocenters. The summed E-state index contributed by atoms with van der Waals surface area (Å²) in [6, 6.07) is 6.26. The molecule has 2 aromatic rings. The van der Waals surface area contributed by atoms with Gasteiger partial charge in [0, 0.05) is 11.1 Å². The molecule has 1 aromatic carbocycles. The van der Waals surface area contributed by atoms with Crippen LogP contribution in [0.2, 0.25) is 0 Å². The summed E-state index contributed by atoms with van der Waals surface area (Å²) >= 11 is 1.64. The van der Waals surface area contributed by atoms with Gasteiger partial charge in [0.2, 0.25) is 0 Å². The van der Waals surface area contributed by atoms with Gasteiger partial charge in [0.05, 0.1) is 5.69 Å². The number of anilines is 2. The highest BCUT2D eigenvalue weighted by Crippen LogP contribution is 2.24. The molecule has 3 heteroatoms. The minimum absolute atomic E-state index is 0.959. The van der Waals surface area contributed by atoms with Gasteiger partial charge in [-0.25, -0.2) is 4.98 Å². The quantitative estimate of drug-likeness (QED) is 0.829. The van der Waals surface area contributed by atoms with Gasteiger partial charge in [0.25, 0.3) is 0 Å². The molecule has 0 spiro atoms. The summed E-state index contributed by atoms with van der Waals surface area (Å²) in [7, 11) is 0. The summed E-state index contributed by atoms with van der Waals surface area (Å²) in [6.45, 7) is 6.25. The molecule has 15 heavy (non-hydrogen) atoms. The standard InChI is InChI=1S/C12H14N2S/c1-8-5-4-6-11(10(8)3)14-12-13-9(2)7-15-12/h4-7H,1-3H3,(H,13,14). The molecular formula is C12H14N2S. The monoisotopic (exact) mass is 218 g/mol. The normalized spacial score (nSPS) is 10.3. The number of thiazole rings is 1. The summed E-state index contributed by atoms with van der Waals surface area (Å²) in [6.07, 6.45) is 0. The maximum absolute atomic E-state index is 4.38. The van der Waals surface area contributed by atoms with E-state index in [0.717, 1.165) is 16.5 Å². The lowest BCUT2D eigenvalue weighted by Gasteiger charge is -2.08. The molecule has 0 saturated carbocycles. The largest absolute Gasteiger partial charge is 0.331 e. The van der Waals surface area contributed by atoms with Crippen molar-refractivity contribution >= 4 is 22.2 Å². The van der Waals surface area contributed by atoms with Gasteiger partial charge in [-0.2, -0.15) is 0 Å². The van der Waals surface area contributed by atoms with E-state index in [9.17, 15) is 0 Å². The number of nitrogens with one attached hydrogen (secondary N) is 1. The summed E-state index contributed by atoms with van der Waals surface area (Å²) in [4.78, 5) is 4.38. The van der Waals surface area contributed by atoms with Gasteiger partial charge >= 0.3 is 0 Å². The second-order valence-corrected chi connectivity index (χ2v) is 4.52. The zero-order chi connectivity index (χ0) is 10.8. The van der Waals surface area contributed by atoms with Crippen LogP contribution in [0.3, 0.4) is 0 Å². The predicted molar refractivity (Wildman–Crippen MR) is 66.0 cm³/mol. The third-order valence-corrected chi connectivity index (χ3v) is 3.34. The Bertz CT molecular complexity index is 474. The van der Waals surface area contributed by atoms with E-state index in [1.807, 2.05) is 12.3 Å². The van der Waals surface area contributed by atoms with Crippen LogP contribution in [-0.2, 0) is 0 Å². The summed E-state index contributed by atoms with van der Waals surface area (Å²) in [5, 5.41) is 6.35. The molecule has 0 amide bonds. The van der Waals surface area contributed by atoms with Gasteiger partial charge in [-0.1, -0.05) is 12.1 Å². The van der Waals surface area contributed by atoms with E-state index < -0.39 is 0 Å². The van der Waals surface area contributed by atoms with E-state index in [4.69, 9.17) is 0 Å². The lowest BCUT2D eigenvalue weighted by atomic mass is 10.1. The van der Waals surface area contributed by atoms with Crippen LogP contribution in [0.4, 0.5) is 10.8 Å². The van der Waals surface area contributed by atoms with Gasteiger partial charge in [-0.05, 0) is 38.0 Å². The van der Waals surface area contributed by atoms with Crippen LogP contribution < -0.4 is 5.32 Å². The van der Waals surface area contributed by atoms with Crippen LogP contribution in [0.5, 0.6) is 0 Å². The van der Waals surface area contributed by atoms with Crippen molar-refractivity contribution in [3.05, 3.63) is 40.4 Å². The smallest absolute Gasteiger partial charge is 0.187 e. The zero-order valence-electron chi connectivity index (χ0n) is 9.16. The Morgan fingerprint density at radius 1 is 1.20 bits per heavy atom. The number of hydrogen-bond donors (Lipinski definition) is 1. The topological polar surface area (TPSA) is 24.9 Å². The highest BCUT2D eigenvalue weighted by atomic mass is 32.1. The average molecular weight is 218 g/mol. The molecule has 0 atom stereocenters. The molecule has 0 saturated heterocycles. The van der Waals surface area contributed by atoms with Gasteiger partial charge in [-0.15, -0.1) is 11.3 Å². The van der Waals surface area contributed by atoms with Crippen molar-refractivity contribution in [2.24, 2.45) is 0 Å². The molecule has 78 valence electrons. The predicted octanol–water partition coefficient (Wildman–Crippen LogP) is 3.81. The Morgan fingerprint density at radius 2 is 2.00 bits per heavy atom. The third-order valence-electron chi connectivity index (χ3n) is 2.47. The number of rotatable bonds is 2. The summed E-state index contributed by atoms with van der Waals surface area (Å²) in [5.41, 5.74) is 4.79. The molecule has 1 N–H and O–H groups in total. The minimum Gasteiger partial charge on any atom is -0.331 e. The third kappa shape index (κ3) is 2.18. The first-order chi connectivity index (χ1) is 7.16. The highest BCUT2D eigenvalue weighted by Gasteiger charge is 2.03. The summed E-state index contributed by atoms with van der Waals surface area (Å²) < 4.78 is 0. The van der Waals surface area contributed by atoms with Gasteiger partial charge in [0.15, 0.2) is 5.13 Å². The van der Waals surface area contributed by atoms with Crippen LogP contribution in [0.15, 0.2) is 23.6 Å². The van der Waals surface area contributed by atoms with E-state index in [1.54, 1.807) is 11.3 Å². The Hall–Kier alpha value is -1.35. The SMILES string of the molecule is Cc1csc(Nc2cccc(C)c2C)n1. The van der Waals surface area contributed by atoms with E-state index in [1.165, 1.54) is 11.1 Å². The second kappa shape index (κ2) is 4.03. The Kier molecular flexibility index (Phi) is 2.73. The fourth-order valence-corrected chi connectivity index (χ4v) is 2.11. The van der Waals surface area contributed by atoms with Crippen molar-refractivity contribution in [2.75, 3.05) is 5.32 Å². The molecule has 0 radical (unpaired) electrons. The minimum atomic E-state index is 0.959. The first kappa shape index (κ1) is 10.2. The van der Waals surface area contributed by atoms with Gasteiger partial charge < -0.3 is 5.32 Å². The van der Waals surface area contributed by atoms with Gasteiger partial charge in [-0.3, -0.25) is 0 Å². The first-order valence-corrected chi connectivity index (χ1v) is 5.80. The molecule has 0 aliphatic heterocycles. The Balaban J connectivity index is 2.28. The highest BCUT2D eigenvalue weighted by molar-refractivity contribution is 7.13. The van der Waals surface area contributed by atoms with Gasteiger partial charge in [0.1, 0.15) is 0 Å². The Labute approximate surface area is 94.0 Å². The summed E-state index contributed by atoms with van der Waals surface area (Å²) in [5.74, 6) is 0. The van der Waals surface area contributed by atoms with E-state index in [-0.39, 0.29) is 0 Å². The maximum atomic E-state index is 4.38. The second-order valence-electron chi connectivity index (χ2n) is 3.67. The fraction of sp³-hybridized carbons (Fsp3) is 0.250. The first-order valence-electron chi connectivity index (χ1n) is 4.92. The molecule has 1 heterocycles. The zero-order valence-corrected chi connectivity index (χ0v) is 9.98. The van der Waals surface area contributed by atoms with E-state index in [2.05, 4.69) is 42.3 Å². The Morgan fingerprint density at radius 3 is 2.67 bits per heavy atom. The van der Waals surface area contributed by atoms with Crippen LogP contribution in [0, 0.1) is 20.8 Å². The average Bonchev–Trinajstić information content (AvgIpc) is 2.59. The van der Waals surface area contributed by atoms with Crippen LogP contribution in [0.1, 0.15) is 16.8 Å². The van der Waals surface area contributed by atoms with Crippen LogP contribution in [0.25, 0.3) is 0 Å². The molecule has 0 fully saturated rings. The number of aryl methyl sites for hydroxylation is 2. The van der Waals surface area contributed by atoms with E-state index in [0.29, 0.717) is 0 Å². The van der Waals surface area contributed by atoms with Crippen molar-refractivity contribution in [3.63, 3.8) is 0 Å². The maximum Gasteiger partial charge on any atom is 0.187 e. The fourth-order valence-electron chi connectivity index (χ4n) is 1.41. The number of hydrogen-bond acceptors (Lipinski definition) is 3. The molecule has 0 aliphatic carbocycles. The number of aromatic nitrogens is 1. The van der Waals surface area contributed by atoms with Crippen molar-refractivity contribution in [1.82, 2.24) is 4.98 Å². The molecule has 0 bridgehead atoms. The molecular weight excluding hydrogens is 204 g/mol. The number of nitrogens with zero attached hydrogens (tertiary/aromatic N) is 1. The molecule has 1 aromatic heterocycles.